The van der Waals surface area contributed by atoms with Crippen molar-refractivity contribution in [2.24, 2.45) is 0 Å². The number of aryl methyl sites for hydroxylation is 1. The Labute approximate surface area is 118 Å². The summed E-state index contributed by atoms with van der Waals surface area (Å²) in [5.41, 5.74) is 1.38. The number of rotatable bonds is 3. The molecular formula is C14H11BrFNO2. The molecule has 5 heteroatoms. The third-order valence-electron chi connectivity index (χ3n) is 2.74. The summed E-state index contributed by atoms with van der Waals surface area (Å²) < 4.78 is 14.5. The normalized spacial score (nSPS) is 10.5. The number of benzene rings is 1. The van der Waals surface area contributed by atoms with Crippen molar-refractivity contribution in [3.8, 4) is 11.3 Å². The SMILES string of the molecule is CCc1nc(-c2cc(Br)ccc2F)ccc1C(=O)O. The highest BCUT2D eigenvalue weighted by molar-refractivity contribution is 9.10. The molecule has 0 aliphatic heterocycles. The molecule has 0 aliphatic carbocycles. The largest absolute Gasteiger partial charge is 0.478 e. The number of aromatic nitrogens is 1. The fraction of sp³-hybridized carbons (Fsp3) is 0.143. The summed E-state index contributed by atoms with van der Waals surface area (Å²) in [5, 5.41) is 9.04. The van der Waals surface area contributed by atoms with Crippen LogP contribution in [0.2, 0.25) is 0 Å². The summed E-state index contributed by atoms with van der Waals surface area (Å²) in [7, 11) is 0. The van der Waals surface area contributed by atoms with E-state index in [0.717, 1.165) is 4.47 Å². The molecule has 1 aromatic carbocycles. The standard InChI is InChI=1S/C14H11BrFNO2/c1-2-12-9(14(18)19)4-6-13(17-12)10-7-8(15)3-5-11(10)16/h3-7H,2H2,1H3,(H,18,19). The van der Waals surface area contributed by atoms with E-state index in [2.05, 4.69) is 20.9 Å². The van der Waals surface area contributed by atoms with E-state index in [-0.39, 0.29) is 11.4 Å². The zero-order valence-corrected chi connectivity index (χ0v) is 11.7. The first-order valence-electron chi connectivity index (χ1n) is 5.71. The van der Waals surface area contributed by atoms with Crippen LogP contribution in [0.4, 0.5) is 4.39 Å². The maximum Gasteiger partial charge on any atom is 0.337 e. The van der Waals surface area contributed by atoms with Crippen LogP contribution < -0.4 is 0 Å². The maximum atomic E-state index is 13.8. The van der Waals surface area contributed by atoms with Crippen LogP contribution in [0.1, 0.15) is 23.0 Å². The molecule has 1 heterocycles. The number of halogens is 2. The predicted octanol–water partition coefficient (Wildman–Crippen LogP) is 3.91. The Morgan fingerprint density at radius 1 is 1.37 bits per heavy atom. The molecule has 98 valence electrons. The second kappa shape index (κ2) is 5.48. The first-order valence-corrected chi connectivity index (χ1v) is 6.51. The molecule has 0 saturated carbocycles. The van der Waals surface area contributed by atoms with E-state index in [4.69, 9.17) is 5.11 Å². The number of pyridine rings is 1. The Bertz CT molecular complexity index is 643. The van der Waals surface area contributed by atoms with E-state index in [0.29, 0.717) is 23.4 Å². The zero-order valence-electron chi connectivity index (χ0n) is 10.2. The number of carbonyl (C=O) groups is 1. The summed E-state index contributed by atoms with van der Waals surface area (Å²) in [6, 6.07) is 7.55. The van der Waals surface area contributed by atoms with Gasteiger partial charge in [-0.05, 0) is 36.8 Å². The van der Waals surface area contributed by atoms with E-state index >= 15 is 0 Å². The number of nitrogens with zero attached hydrogens (tertiary/aromatic N) is 1. The number of carboxylic acids is 1. The molecule has 0 bridgehead atoms. The van der Waals surface area contributed by atoms with Gasteiger partial charge in [-0.2, -0.15) is 0 Å². The minimum Gasteiger partial charge on any atom is -0.478 e. The quantitative estimate of drug-likeness (QED) is 0.931. The monoisotopic (exact) mass is 323 g/mol. The van der Waals surface area contributed by atoms with Gasteiger partial charge in [0.25, 0.3) is 0 Å². The minimum atomic E-state index is -1.02. The summed E-state index contributed by atoms with van der Waals surface area (Å²) in [5.74, 6) is -1.41. The molecule has 2 rings (SSSR count). The summed E-state index contributed by atoms with van der Waals surface area (Å²) in [6.07, 6.45) is 0.477. The summed E-state index contributed by atoms with van der Waals surface area (Å²) in [4.78, 5) is 15.3. The third-order valence-corrected chi connectivity index (χ3v) is 3.24. The van der Waals surface area contributed by atoms with Gasteiger partial charge in [-0.3, -0.25) is 4.98 Å². The minimum absolute atomic E-state index is 0.154. The number of hydrogen-bond donors (Lipinski definition) is 1. The van der Waals surface area contributed by atoms with Crippen molar-refractivity contribution in [3.63, 3.8) is 0 Å². The molecule has 0 atom stereocenters. The van der Waals surface area contributed by atoms with Gasteiger partial charge < -0.3 is 5.11 Å². The molecule has 19 heavy (non-hydrogen) atoms. The average Bonchev–Trinajstić information content (AvgIpc) is 2.40. The molecule has 0 radical (unpaired) electrons. The third kappa shape index (κ3) is 2.81. The molecule has 0 saturated heterocycles. The first kappa shape index (κ1) is 13.7. The van der Waals surface area contributed by atoms with Crippen LogP contribution in [0.3, 0.4) is 0 Å². The molecule has 0 aliphatic rings. The van der Waals surface area contributed by atoms with Gasteiger partial charge in [0.15, 0.2) is 0 Å². The maximum absolute atomic E-state index is 13.8. The first-order chi connectivity index (χ1) is 9.02. The molecule has 0 spiro atoms. The highest BCUT2D eigenvalue weighted by Gasteiger charge is 2.13. The van der Waals surface area contributed by atoms with Gasteiger partial charge in [-0.15, -0.1) is 0 Å². The van der Waals surface area contributed by atoms with Gasteiger partial charge in [0.1, 0.15) is 5.82 Å². The van der Waals surface area contributed by atoms with E-state index < -0.39 is 5.97 Å². The van der Waals surface area contributed by atoms with Gasteiger partial charge >= 0.3 is 5.97 Å². The van der Waals surface area contributed by atoms with Crippen molar-refractivity contribution in [3.05, 3.63) is 51.9 Å². The van der Waals surface area contributed by atoms with Gasteiger partial charge in [0, 0.05) is 10.0 Å². The topological polar surface area (TPSA) is 50.2 Å². The van der Waals surface area contributed by atoms with Crippen molar-refractivity contribution in [1.82, 2.24) is 4.98 Å². The van der Waals surface area contributed by atoms with E-state index in [1.807, 2.05) is 6.92 Å². The van der Waals surface area contributed by atoms with Crippen molar-refractivity contribution in [2.75, 3.05) is 0 Å². The van der Waals surface area contributed by atoms with Crippen LogP contribution in [-0.2, 0) is 6.42 Å². The number of aromatic carboxylic acids is 1. The molecular weight excluding hydrogens is 313 g/mol. The molecule has 0 amide bonds. The second-order valence-electron chi connectivity index (χ2n) is 3.97. The lowest BCUT2D eigenvalue weighted by molar-refractivity contribution is 0.0695. The Morgan fingerprint density at radius 3 is 2.74 bits per heavy atom. The fourth-order valence-corrected chi connectivity index (χ4v) is 2.17. The van der Waals surface area contributed by atoms with Crippen LogP contribution in [0.25, 0.3) is 11.3 Å². The Balaban J connectivity index is 2.57. The fourth-order valence-electron chi connectivity index (χ4n) is 1.81. The number of carboxylic acid groups (broad SMARTS) is 1. The highest BCUT2D eigenvalue weighted by atomic mass is 79.9. The van der Waals surface area contributed by atoms with Crippen LogP contribution in [0, 0.1) is 5.82 Å². The Morgan fingerprint density at radius 2 is 2.11 bits per heavy atom. The average molecular weight is 324 g/mol. The van der Waals surface area contributed by atoms with Crippen LogP contribution in [0.5, 0.6) is 0 Å². The lowest BCUT2D eigenvalue weighted by atomic mass is 10.1. The van der Waals surface area contributed by atoms with E-state index in [1.165, 1.54) is 18.2 Å². The van der Waals surface area contributed by atoms with Crippen molar-refractivity contribution in [1.29, 1.82) is 0 Å². The van der Waals surface area contributed by atoms with E-state index in [1.54, 1.807) is 12.1 Å². The van der Waals surface area contributed by atoms with Crippen molar-refractivity contribution in [2.45, 2.75) is 13.3 Å². The molecule has 1 aromatic heterocycles. The van der Waals surface area contributed by atoms with Gasteiger partial charge in [-0.1, -0.05) is 22.9 Å². The zero-order chi connectivity index (χ0) is 14.0. The smallest absolute Gasteiger partial charge is 0.337 e. The summed E-state index contributed by atoms with van der Waals surface area (Å²) >= 11 is 3.28. The highest BCUT2D eigenvalue weighted by Crippen LogP contribution is 2.26. The van der Waals surface area contributed by atoms with Gasteiger partial charge in [0.2, 0.25) is 0 Å². The number of hydrogen-bond acceptors (Lipinski definition) is 2. The Kier molecular flexibility index (Phi) is 3.95. The Hall–Kier alpha value is -1.75. The molecule has 2 aromatic rings. The van der Waals surface area contributed by atoms with Crippen LogP contribution >= 0.6 is 15.9 Å². The lowest BCUT2D eigenvalue weighted by Crippen LogP contribution is -2.05. The molecule has 1 N–H and O–H groups in total. The van der Waals surface area contributed by atoms with Crippen LogP contribution in [-0.4, -0.2) is 16.1 Å². The van der Waals surface area contributed by atoms with Gasteiger partial charge in [-0.25, -0.2) is 9.18 Å². The van der Waals surface area contributed by atoms with Crippen molar-refractivity contribution >= 4 is 21.9 Å². The predicted molar refractivity (Wildman–Crippen MR) is 73.7 cm³/mol. The second-order valence-corrected chi connectivity index (χ2v) is 4.89. The van der Waals surface area contributed by atoms with Gasteiger partial charge in [0.05, 0.1) is 17.0 Å². The van der Waals surface area contributed by atoms with Crippen molar-refractivity contribution < 1.29 is 14.3 Å². The molecule has 3 nitrogen and oxygen atoms in total. The summed E-state index contributed by atoms with van der Waals surface area (Å²) in [6.45, 7) is 1.82. The molecule has 0 fully saturated rings. The molecule has 0 unspecified atom stereocenters. The van der Waals surface area contributed by atoms with E-state index in [9.17, 15) is 9.18 Å². The lowest BCUT2D eigenvalue weighted by Gasteiger charge is -2.08. The van der Waals surface area contributed by atoms with Crippen LogP contribution in [0.15, 0.2) is 34.8 Å².